The summed E-state index contributed by atoms with van der Waals surface area (Å²) in [5.41, 5.74) is 0. The Hall–Kier alpha value is -3.23. The zero-order chi connectivity index (χ0) is 37.4. The molecule has 1 heterocycles. The summed E-state index contributed by atoms with van der Waals surface area (Å²) in [4.78, 5) is 54.9. The van der Waals surface area contributed by atoms with Crippen LogP contribution in [-0.4, -0.2) is 171 Å². The Morgan fingerprint density at radius 1 is 0.627 bits per heavy atom. The SMILES string of the molecule is CNCCOCCOCCOCCOCCOCCC(=O)NCCCN(C)CCCNC(=O)CCNC(=O)c1nc(NC(=O)CCNC)cn1C. The number of aromatic nitrogens is 2. The van der Waals surface area contributed by atoms with Crippen molar-refractivity contribution in [3.8, 4) is 0 Å². The van der Waals surface area contributed by atoms with Gasteiger partial charge in [0.05, 0.1) is 66.1 Å². The Labute approximate surface area is 302 Å². The summed E-state index contributed by atoms with van der Waals surface area (Å²) in [6.07, 6.45) is 3.87. The van der Waals surface area contributed by atoms with Crippen molar-refractivity contribution in [2.45, 2.75) is 32.1 Å². The monoisotopic (exact) mass is 729 g/mol. The molecule has 0 bridgehead atoms. The van der Waals surface area contributed by atoms with Crippen LogP contribution in [0.4, 0.5) is 5.82 Å². The normalized spacial score (nSPS) is 11.2. The van der Waals surface area contributed by atoms with Crippen LogP contribution in [0.5, 0.6) is 0 Å². The van der Waals surface area contributed by atoms with Gasteiger partial charge in [-0.2, -0.15) is 0 Å². The molecule has 1 rings (SSSR count). The smallest absolute Gasteiger partial charge is 0.287 e. The van der Waals surface area contributed by atoms with Crippen LogP contribution in [0.15, 0.2) is 6.20 Å². The second-order valence-electron chi connectivity index (χ2n) is 11.6. The molecule has 4 amide bonds. The van der Waals surface area contributed by atoms with Crippen molar-refractivity contribution in [1.82, 2.24) is 41.0 Å². The fourth-order valence-electron chi connectivity index (χ4n) is 4.31. The third-order valence-corrected chi connectivity index (χ3v) is 7.12. The van der Waals surface area contributed by atoms with Crippen LogP contribution in [0.1, 0.15) is 42.7 Å². The molecule has 0 unspecified atom stereocenters. The van der Waals surface area contributed by atoms with E-state index in [2.05, 4.69) is 41.8 Å². The molecule has 0 aliphatic heterocycles. The molecular formula is C33H63N9O9. The van der Waals surface area contributed by atoms with Crippen LogP contribution in [0.3, 0.4) is 0 Å². The summed E-state index contributed by atoms with van der Waals surface area (Å²) in [6.45, 7) is 9.19. The Morgan fingerprint density at radius 2 is 1.12 bits per heavy atom. The maximum Gasteiger partial charge on any atom is 0.287 e. The first-order valence-electron chi connectivity index (χ1n) is 17.8. The first kappa shape index (κ1) is 45.8. The molecular weight excluding hydrogens is 666 g/mol. The molecule has 294 valence electrons. The minimum absolute atomic E-state index is 0.0495. The fraction of sp³-hybridized carbons (Fsp3) is 0.788. The number of anilines is 1. The number of imidazole rings is 1. The van der Waals surface area contributed by atoms with Crippen LogP contribution in [0.25, 0.3) is 0 Å². The summed E-state index contributed by atoms with van der Waals surface area (Å²) < 4.78 is 28.7. The first-order valence-corrected chi connectivity index (χ1v) is 17.8. The van der Waals surface area contributed by atoms with Crippen LogP contribution < -0.4 is 31.9 Å². The molecule has 0 saturated carbocycles. The minimum Gasteiger partial charge on any atom is -0.379 e. The Balaban J connectivity index is 1.92. The van der Waals surface area contributed by atoms with Crippen LogP contribution in [0.2, 0.25) is 0 Å². The number of carbonyl (C=O) groups excluding carboxylic acids is 4. The van der Waals surface area contributed by atoms with Gasteiger partial charge < -0.3 is 65.1 Å². The third-order valence-electron chi connectivity index (χ3n) is 7.12. The Bertz CT molecular complexity index is 1080. The van der Waals surface area contributed by atoms with Crippen molar-refractivity contribution in [3.05, 3.63) is 12.0 Å². The summed E-state index contributed by atoms with van der Waals surface area (Å²) in [5.74, 6) is -0.398. The molecule has 0 fully saturated rings. The lowest BCUT2D eigenvalue weighted by Crippen LogP contribution is -2.33. The number of aryl methyl sites for hydroxylation is 1. The lowest BCUT2D eigenvalue weighted by atomic mass is 10.3. The average molecular weight is 730 g/mol. The Kier molecular flexibility index (Phi) is 28.3. The van der Waals surface area contributed by atoms with E-state index in [-0.39, 0.29) is 36.5 Å². The van der Waals surface area contributed by atoms with Crippen LogP contribution in [-0.2, 0) is 45.1 Å². The fourth-order valence-corrected chi connectivity index (χ4v) is 4.31. The molecule has 0 aromatic carbocycles. The van der Waals surface area contributed by atoms with E-state index in [0.717, 1.165) is 32.5 Å². The Morgan fingerprint density at radius 3 is 1.67 bits per heavy atom. The zero-order valence-electron chi connectivity index (χ0n) is 31.1. The summed E-state index contributed by atoms with van der Waals surface area (Å²) in [5, 5.41) is 17.0. The van der Waals surface area contributed by atoms with Gasteiger partial charge in [0.1, 0.15) is 0 Å². The molecule has 18 heteroatoms. The van der Waals surface area contributed by atoms with Gasteiger partial charge in [-0.05, 0) is 47.1 Å². The zero-order valence-corrected chi connectivity index (χ0v) is 31.1. The number of nitrogens with one attached hydrogen (secondary N) is 6. The highest BCUT2D eigenvalue weighted by molar-refractivity contribution is 5.94. The van der Waals surface area contributed by atoms with Gasteiger partial charge in [-0.1, -0.05) is 0 Å². The van der Waals surface area contributed by atoms with Gasteiger partial charge in [-0.25, -0.2) is 4.98 Å². The number of hydrogen-bond acceptors (Lipinski definition) is 13. The summed E-state index contributed by atoms with van der Waals surface area (Å²) >= 11 is 0. The maximum atomic E-state index is 12.5. The third kappa shape index (κ3) is 26.2. The summed E-state index contributed by atoms with van der Waals surface area (Å²) in [6, 6.07) is 0. The highest BCUT2D eigenvalue weighted by Gasteiger charge is 2.15. The second kappa shape index (κ2) is 31.5. The molecule has 1 aromatic rings. The van der Waals surface area contributed by atoms with Crippen molar-refractivity contribution < 1.29 is 42.9 Å². The average Bonchev–Trinajstić information content (AvgIpc) is 3.48. The topological polar surface area (TPSA) is 208 Å². The lowest BCUT2D eigenvalue weighted by Gasteiger charge is -2.16. The number of nitrogens with zero attached hydrogens (tertiary/aromatic N) is 3. The van der Waals surface area contributed by atoms with Crippen molar-refractivity contribution in [2.24, 2.45) is 7.05 Å². The molecule has 0 radical (unpaired) electrons. The summed E-state index contributed by atoms with van der Waals surface area (Å²) in [7, 11) is 7.30. The van der Waals surface area contributed by atoms with E-state index in [9.17, 15) is 19.2 Å². The van der Waals surface area contributed by atoms with Gasteiger partial charge in [0.15, 0.2) is 5.82 Å². The molecule has 0 atom stereocenters. The van der Waals surface area contributed by atoms with Gasteiger partial charge in [-0.15, -0.1) is 0 Å². The maximum absolute atomic E-state index is 12.5. The lowest BCUT2D eigenvalue weighted by molar-refractivity contribution is -0.122. The molecule has 0 aliphatic carbocycles. The van der Waals surface area contributed by atoms with Gasteiger partial charge in [0.25, 0.3) is 5.91 Å². The van der Waals surface area contributed by atoms with E-state index in [1.165, 1.54) is 4.57 Å². The molecule has 0 aliphatic rings. The molecule has 1 aromatic heterocycles. The number of ether oxygens (including phenoxy) is 5. The highest BCUT2D eigenvalue weighted by atomic mass is 16.6. The minimum atomic E-state index is -0.428. The van der Waals surface area contributed by atoms with E-state index in [0.29, 0.717) is 104 Å². The second-order valence-corrected chi connectivity index (χ2v) is 11.6. The highest BCUT2D eigenvalue weighted by Crippen LogP contribution is 2.07. The van der Waals surface area contributed by atoms with Gasteiger partial charge >= 0.3 is 0 Å². The quantitative estimate of drug-likeness (QED) is 0.0458. The van der Waals surface area contributed by atoms with Crippen molar-refractivity contribution in [2.75, 3.05) is 138 Å². The number of likely N-dealkylation sites (N-methyl/N-ethyl adjacent to an activating group) is 1. The number of carbonyl (C=O) groups is 4. The predicted molar refractivity (Wildman–Crippen MR) is 193 cm³/mol. The molecule has 18 nitrogen and oxygen atoms in total. The number of amides is 4. The predicted octanol–water partition coefficient (Wildman–Crippen LogP) is -1.28. The van der Waals surface area contributed by atoms with Crippen LogP contribution in [0, 0.1) is 0 Å². The van der Waals surface area contributed by atoms with Crippen molar-refractivity contribution in [1.29, 1.82) is 0 Å². The van der Waals surface area contributed by atoms with E-state index >= 15 is 0 Å². The molecule has 6 N–H and O–H groups in total. The van der Waals surface area contributed by atoms with Gasteiger partial charge in [0.2, 0.25) is 23.5 Å². The molecule has 0 spiro atoms. The van der Waals surface area contributed by atoms with E-state index in [4.69, 9.17) is 23.7 Å². The van der Waals surface area contributed by atoms with E-state index < -0.39 is 5.91 Å². The van der Waals surface area contributed by atoms with Crippen molar-refractivity contribution in [3.63, 3.8) is 0 Å². The van der Waals surface area contributed by atoms with Gasteiger partial charge in [0, 0.05) is 65.2 Å². The van der Waals surface area contributed by atoms with E-state index in [1.54, 1.807) is 20.3 Å². The number of rotatable bonds is 34. The van der Waals surface area contributed by atoms with Crippen LogP contribution >= 0.6 is 0 Å². The largest absolute Gasteiger partial charge is 0.379 e. The standard InChI is InChI=1S/C33H63N9O9/c1-34-12-7-31(45)39-28-27-42(4)32(40-28)33(46)38-13-8-29(43)36-10-5-15-41(3)16-6-11-37-30(44)9-17-47-19-21-49-23-25-51-26-24-50-22-20-48-18-14-35-2/h27,34-35H,5-26H2,1-4H3,(H,36,43)(H,37,44)(H,38,46)(H,39,45). The van der Waals surface area contributed by atoms with Crippen molar-refractivity contribution >= 4 is 29.4 Å². The van der Waals surface area contributed by atoms with E-state index in [1.807, 2.05) is 14.1 Å². The van der Waals surface area contributed by atoms with Gasteiger partial charge in [-0.3, -0.25) is 19.2 Å². The number of hydrogen-bond donors (Lipinski definition) is 6. The molecule has 0 saturated heterocycles. The first-order chi connectivity index (χ1) is 24.8. The molecule has 51 heavy (non-hydrogen) atoms.